The number of ether oxygens (including phenoxy) is 1. The molecular weight excluding hydrogens is 132 g/mol. The molecule has 1 nitrogen and oxygen atoms in total. The first-order chi connectivity index (χ1) is 4.10. The fourth-order valence-corrected chi connectivity index (χ4v) is 2.38. The Bertz CT molecular complexity index is 101. The van der Waals surface area contributed by atoms with Crippen LogP contribution in [0.4, 0.5) is 0 Å². The summed E-state index contributed by atoms with van der Waals surface area (Å²) in [5, 5.41) is 0.772. The van der Waals surface area contributed by atoms with Crippen LogP contribution in [0, 0.1) is 0 Å². The van der Waals surface area contributed by atoms with Gasteiger partial charge in [-0.2, -0.15) is 0 Å². The molecule has 1 atom stereocenters. The SMILES string of the molecule is C[C@@H]1CCOC(C)(C)S1. The maximum absolute atomic E-state index is 5.50. The van der Waals surface area contributed by atoms with E-state index in [0.29, 0.717) is 0 Å². The molecule has 0 bridgehead atoms. The van der Waals surface area contributed by atoms with Crippen LogP contribution in [0.25, 0.3) is 0 Å². The molecule has 0 aliphatic carbocycles. The van der Waals surface area contributed by atoms with Crippen LogP contribution in [-0.2, 0) is 4.74 Å². The van der Waals surface area contributed by atoms with Crippen LogP contribution in [0.3, 0.4) is 0 Å². The summed E-state index contributed by atoms with van der Waals surface area (Å²) < 4.78 is 5.50. The molecule has 1 saturated heterocycles. The first-order valence-electron chi connectivity index (χ1n) is 3.42. The Kier molecular flexibility index (Phi) is 2.07. The highest BCUT2D eigenvalue weighted by Gasteiger charge is 2.26. The van der Waals surface area contributed by atoms with E-state index in [4.69, 9.17) is 4.74 Å². The number of thioether (sulfide) groups is 1. The monoisotopic (exact) mass is 146 g/mol. The Balaban J connectivity index is 2.41. The van der Waals surface area contributed by atoms with Gasteiger partial charge in [-0.05, 0) is 20.3 Å². The molecule has 1 heterocycles. The lowest BCUT2D eigenvalue weighted by Gasteiger charge is -2.33. The summed E-state index contributed by atoms with van der Waals surface area (Å²) in [4.78, 5) is 0.0671. The highest BCUT2D eigenvalue weighted by atomic mass is 32.2. The van der Waals surface area contributed by atoms with Crippen molar-refractivity contribution in [3.8, 4) is 0 Å². The highest BCUT2D eigenvalue weighted by molar-refractivity contribution is 8.01. The molecule has 1 aliphatic heterocycles. The van der Waals surface area contributed by atoms with Gasteiger partial charge in [-0.25, -0.2) is 0 Å². The Morgan fingerprint density at radius 2 is 2.22 bits per heavy atom. The molecule has 0 saturated carbocycles. The quantitative estimate of drug-likeness (QED) is 0.518. The summed E-state index contributed by atoms with van der Waals surface area (Å²) in [7, 11) is 0. The fraction of sp³-hybridized carbons (Fsp3) is 1.00. The lowest BCUT2D eigenvalue weighted by Crippen LogP contribution is -2.29. The standard InChI is InChI=1S/C7H14OS/c1-6-4-5-8-7(2,3)9-6/h6H,4-5H2,1-3H3/t6-/m1/s1. The lowest BCUT2D eigenvalue weighted by molar-refractivity contribution is 0.0415. The van der Waals surface area contributed by atoms with E-state index >= 15 is 0 Å². The normalized spacial score (nSPS) is 34.3. The average molecular weight is 146 g/mol. The zero-order valence-electron chi connectivity index (χ0n) is 6.31. The maximum Gasteiger partial charge on any atom is 0.108 e. The molecule has 0 radical (unpaired) electrons. The van der Waals surface area contributed by atoms with Gasteiger partial charge in [0.1, 0.15) is 4.93 Å². The smallest absolute Gasteiger partial charge is 0.108 e. The molecule has 0 unspecified atom stereocenters. The molecule has 0 aromatic carbocycles. The molecule has 1 rings (SSSR count). The van der Waals surface area contributed by atoms with Gasteiger partial charge < -0.3 is 4.74 Å². The Labute approximate surface area is 61.2 Å². The van der Waals surface area contributed by atoms with E-state index in [1.165, 1.54) is 6.42 Å². The summed E-state index contributed by atoms with van der Waals surface area (Å²) in [5.74, 6) is 0. The van der Waals surface area contributed by atoms with E-state index in [0.717, 1.165) is 11.9 Å². The van der Waals surface area contributed by atoms with Crippen molar-refractivity contribution in [2.24, 2.45) is 0 Å². The largest absolute Gasteiger partial charge is 0.365 e. The second kappa shape index (κ2) is 2.51. The first kappa shape index (κ1) is 7.42. The summed E-state index contributed by atoms with van der Waals surface area (Å²) in [6, 6.07) is 0. The fourth-order valence-electron chi connectivity index (χ4n) is 1.05. The minimum Gasteiger partial charge on any atom is -0.365 e. The maximum atomic E-state index is 5.50. The van der Waals surface area contributed by atoms with Crippen molar-refractivity contribution in [1.82, 2.24) is 0 Å². The van der Waals surface area contributed by atoms with Gasteiger partial charge in [0.2, 0.25) is 0 Å². The van der Waals surface area contributed by atoms with Gasteiger partial charge in [-0.15, -0.1) is 11.8 Å². The zero-order valence-corrected chi connectivity index (χ0v) is 7.12. The van der Waals surface area contributed by atoms with Crippen LogP contribution in [0.2, 0.25) is 0 Å². The molecule has 0 aromatic heterocycles. The van der Waals surface area contributed by atoms with Gasteiger partial charge >= 0.3 is 0 Å². The molecule has 0 spiro atoms. The van der Waals surface area contributed by atoms with Crippen LogP contribution in [0.5, 0.6) is 0 Å². The van der Waals surface area contributed by atoms with E-state index in [2.05, 4.69) is 20.8 Å². The van der Waals surface area contributed by atoms with Gasteiger partial charge in [-0.1, -0.05) is 6.92 Å². The van der Waals surface area contributed by atoms with Crippen molar-refractivity contribution in [2.45, 2.75) is 37.4 Å². The van der Waals surface area contributed by atoms with E-state index in [9.17, 15) is 0 Å². The van der Waals surface area contributed by atoms with E-state index in [1.807, 2.05) is 11.8 Å². The molecule has 9 heavy (non-hydrogen) atoms. The van der Waals surface area contributed by atoms with Crippen molar-refractivity contribution in [3.05, 3.63) is 0 Å². The summed E-state index contributed by atoms with van der Waals surface area (Å²) >= 11 is 1.92. The van der Waals surface area contributed by atoms with E-state index in [1.54, 1.807) is 0 Å². The van der Waals surface area contributed by atoms with Gasteiger partial charge in [0.15, 0.2) is 0 Å². The Morgan fingerprint density at radius 1 is 1.56 bits per heavy atom. The average Bonchev–Trinajstić information content (AvgIpc) is 1.60. The van der Waals surface area contributed by atoms with E-state index in [-0.39, 0.29) is 4.93 Å². The molecule has 54 valence electrons. The molecule has 1 fully saturated rings. The Hall–Kier alpha value is 0.310. The van der Waals surface area contributed by atoms with Crippen molar-refractivity contribution in [1.29, 1.82) is 0 Å². The number of hydrogen-bond donors (Lipinski definition) is 0. The summed E-state index contributed by atoms with van der Waals surface area (Å²) in [6.45, 7) is 7.46. The van der Waals surface area contributed by atoms with Gasteiger partial charge in [-0.3, -0.25) is 0 Å². The van der Waals surface area contributed by atoms with Gasteiger partial charge in [0.05, 0.1) is 0 Å². The van der Waals surface area contributed by atoms with Crippen molar-refractivity contribution < 1.29 is 4.74 Å². The minimum atomic E-state index is 0.0671. The van der Waals surface area contributed by atoms with Crippen LogP contribution < -0.4 is 0 Å². The van der Waals surface area contributed by atoms with Crippen LogP contribution in [0.1, 0.15) is 27.2 Å². The summed E-state index contributed by atoms with van der Waals surface area (Å²) in [5.41, 5.74) is 0. The topological polar surface area (TPSA) is 9.23 Å². The molecule has 0 N–H and O–H groups in total. The molecule has 0 amide bonds. The molecule has 0 aromatic rings. The van der Waals surface area contributed by atoms with Crippen molar-refractivity contribution in [2.75, 3.05) is 6.61 Å². The third-order valence-electron chi connectivity index (χ3n) is 1.46. The van der Waals surface area contributed by atoms with E-state index < -0.39 is 0 Å². The van der Waals surface area contributed by atoms with Crippen molar-refractivity contribution >= 4 is 11.8 Å². The minimum absolute atomic E-state index is 0.0671. The van der Waals surface area contributed by atoms with Gasteiger partial charge in [0, 0.05) is 11.9 Å². The molecule has 1 aliphatic rings. The molecule has 2 heteroatoms. The second-order valence-corrected chi connectivity index (χ2v) is 4.99. The number of hydrogen-bond acceptors (Lipinski definition) is 2. The highest BCUT2D eigenvalue weighted by Crippen LogP contribution is 2.35. The van der Waals surface area contributed by atoms with Crippen LogP contribution in [0.15, 0.2) is 0 Å². The summed E-state index contributed by atoms with van der Waals surface area (Å²) in [6.07, 6.45) is 1.20. The number of rotatable bonds is 0. The third-order valence-corrected chi connectivity index (χ3v) is 2.78. The third kappa shape index (κ3) is 2.18. The second-order valence-electron chi connectivity index (χ2n) is 2.97. The predicted molar refractivity (Wildman–Crippen MR) is 41.7 cm³/mol. The lowest BCUT2D eigenvalue weighted by atomic mass is 10.3. The van der Waals surface area contributed by atoms with Gasteiger partial charge in [0.25, 0.3) is 0 Å². The van der Waals surface area contributed by atoms with Crippen molar-refractivity contribution in [3.63, 3.8) is 0 Å². The molecular formula is C7H14OS. The van der Waals surface area contributed by atoms with Crippen LogP contribution >= 0.6 is 11.8 Å². The Morgan fingerprint density at radius 3 is 2.56 bits per heavy atom. The van der Waals surface area contributed by atoms with Crippen LogP contribution in [-0.4, -0.2) is 16.8 Å². The zero-order chi connectivity index (χ0) is 6.91. The predicted octanol–water partition coefficient (Wildman–Crippen LogP) is 2.26. The first-order valence-corrected chi connectivity index (χ1v) is 4.30.